The number of hydrogen-bond donors (Lipinski definition) is 0. The van der Waals surface area contributed by atoms with Crippen LogP contribution in [-0.2, 0) is 12.8 Å². The van der Waals surface area contributed by atoms with Crippen molar-refractivity contribution in [2.45, 2.75) is 30.9 Å². The van der Waals surface area contributed by atoms with E-state index in [-0.39, 0.29) is 6.10 Å². The molecule has 4 rings (SSSR count). The second-order valence-electron chi connectivity index (χ2n) is 6.89. The van der Waals surface area contributed by atoms with E-state index in [1.165, 1.54) is 0 Å². The third kappa shape index (κ3) is 4.69. The van der Waals surface area contributed by atoms with Gasteiger partial charge in [0.25, 0.3) is 0 Å². The number of thiazole rings is 1. The summed E-state index contributed by atoms with van der Waals surface area (Å²) in [5.74, 6) is 2.32. The van der Waals surface area contributed by atoms with Crippen LogP contribution in [-0.4, -0.2) is 19.7 Å². The molecule has 0 spiro atoms. The van der Waals surface area contributed by atoms with Gasteiger partial charge in [-0.1, -0.05) is 53.7 Å². The summed E-state index contributed by atoms with van der Waals surface area (Å²) in [5.41, 5.74) is 3.12. The molecule has 154 valence electrons. The molecule has 8 heteroatoms. The topological polar surface area (TPSA) is 52.8 Å². The fraction of sp³-hybridized carbons (Fsp3) is 0.227. The van der Waals surface area contributed by atoms with Crippen LogP contribution in [0.2, 0.25) is 5.02 Å². The Morgan fingerprint density at radius 2 is 2.00 bits per heavy atom. The Kier molecular flexibility index (Phi) is 6.41. The molecule has 0 N–H and O–H groups in total. The third-order valence-corrected chi connectivity index (χ3v) is 6.85. The summed E-state index contributed by atoms with van der Waals surface area (Å²) < 4.78 is 8.02. The van der Waals surface area contributed by atoms with Crippen molar-refractivity contribution >= 4 is 34.7 Å². The number of aryl methyl sites for hydroxylation is 1. The van der Waals surface area contributed by atoms with Gasteiger partial charge in [0, 0.05) is 23.7 Å². The van der Waals surface area contributed by atoms with Crippen LogP contribution in [0.25, 0.3) is 10.6 Å². The number of benzene rings is 2. The molecule has 0 fully saturated rings. The average molecular weight is 457 g/mol. The molecule has 1 unspecified atom stereocenters. The predicted molar refractivity (Wildman–Crippen MR) is 123 cm³/mol. The van der Waals surface area contributed by atoms with Crippen LogP contribution in [0.4, 0.5) is 0 Å². The van der Waals surface area contributed by atoms with Gasteiger partial charge in [-0.05, 0) is 37.6 Å². The Morgan fingerprint density at radius 3 is 2.80 bits per heavy atom. The smallest absolute Gasteiger partial charge is 0.191 e. The van der Waals surface area contributed by atoms with Gasteiger partial charge in [-0.3, -0.25) is 0 Å². The molecular formula is C22H21ClN4OS2. The molecule has 4 aromatic rings. The predicted octanol–water partition coefficient (Wildman–Crippen LogP) is 6.33. The van der Waals surface area contributed by atoms with Gasteiger partial charge in [0.2, 0.25) is 0 Å². The van der Waals surface area contributed by atoms with Gasteiger partial charge in [0.05, 0.1) is 10.7 Å². The van der Waals surface area contributed by atoms with E-state index in [0.717, 1.165) is 38.6 Å². The molecule has 0 saturated heterocycles. The number of halogens is 1. The van der Waals surface area contributed by atoms with Gasteiger partial charge < -0.3 is 9.30 Å². The van der Waals surface area contributed by atoms with Crippen molar-refractivity contribution in [3.63, 3.8) is 0 Å². The van der Waals surface area contributed by atoms with Gasteiger partial charge in [0.15, 0.2) is 17.1 Å². The maximum Gasteiger partial charge on any atom is 0.191 e. The summed E-state index contributed by atoms with van der Waals surface area (Å²) in [6.07, 6.45) is -0.204. The normalized spacial score (nSPS) is 12.1. The lowest BCUT2D eigenvalue weighted by Crippen LogP contribution is -2.10. The first-order valence-corrected chi connectivity index (χ1v) is 11.7. The Morgan fingerprint density at radius 1 is 1.17 bits per heavy atom. The molecule has 5 nitrogen and oxygen atoms in total. The quantitative estimate of drug-likeness (QED) is 0.304. The monoisotopic (exact) mass is 456 g/mol. The Hall–Kier alpha value is -2.35. The molecular weight excluding hydrogens is 436 g/mol. The minimum absolute atomic E-state index is 0.204. The zero-order valence-corrected chi connectivity index (χ0v) is 19.3. The lowest BCUT2D eigenvalue weighted by Gasteiger charge is -2.14. The average Bonchev–Trinajstić information content (AvgIpc) is 3.33. The maximum absolute atomic E-state index is 6.29. The van der Waals surface area contributed by atoms with Crippen LogP contribution in [0.15, 0.2) is 59.1 Å². The number of ether oxygens (including phenoxy) is 1. The fourth-order valence-electron chi connectivity index (χ4n) is 3.02. The van der Waals surface area contributed by atoms with E-state index in [1.54, 1.807) is 23.1 Å². The summed E-state index contributed by atoms with van der Waals surface area (Å²) in [6.45, 7) is 4.03. The van der Waals surface area contributed by atoms with Gasteiger partial charge in [-0.2, -0.15) is 0 Å². The van der Waals surface area contributed by atoms with E-state index in [2.05, 4.69) is 15.6 Å². The van der Waals surface area contributed by atoms with Gasteiger partial charge in [-0.15, -0.1) is 21.5 Å². The van der Waals surface area contributed by atoms with E-state index >= 15 is 0 Å². The first-order chi connectivity index (χ1) is 14.5. The molecule has 0 amide bonds. The molecule has 30 heavy (non-hydrogen) atoms. The minimum Gasteiger partial charge on any atom is -0.483 e. The molecule has 0 bridgehead atoms. The Labute approximate surface area is 189 Å². The first-order valence-electron chi connectivity index (χ1n) is 9.46. The van der Waals surface area contributed by atoms with Crippen LogP contribution in [0, 0.1) is 6.92 Å². The summed E-state index contributed by atoms with van der Waals surface area (Å²) in [5, 5.41) is 13.2. The van der Waals surface area contributed by atoms with Crippen LogP contribution in [0.5, 0.6) is 5.75 Å². The number of rotatable bonds is 7. The van der Waals surface area contributed by atoms with Gasteiger partial charge in [-0.25, -0.2) is 4.98 Å². The summed E-state index contributed by atoms with van der Waals surface area (Å²) in [7, 11) is 1.96. The molecule has 2 aromatic heterocycles. The van der Waals surface area contributed by atoms with Crippen LogP contribution in [0.3, 0.4) is 0 Å². The van der Waals surface area contributed by atoms with E-state index in [4.69, 9.17) is 21.3 Å². The van der Waals surface area contributed by atoms with Gasteiger partial charge in [0.1, 0.15) is 10.8 Å². The zero-order chi connectivity index (χ0) is 21.1. The molecule has 0 aliphatic rings. The molecule has 0 saturated carbocycles. The largest absolute Gasteiger partial charge is 0.483 e. The SMILES string of the molecule is Cc1cccc(OC(C)c2nnc(SCc3csc(-c4ccccc4Cl)n3)n2C)c1. The van der Waals surface area contributed by atoms with Crippen molar-refractivity contribution in [3.05, 3.63) is 76.0 Å². The fourth-order valence-corrected chi connectivity index (χ4v) is 5.08. The van der Waals surface area contributed by atoms with Crippen molar-refractivity contribution in [2.24, 2.45) is 7.05 Å². The third-order valence-electron chi connectivity index (χ3n) is 4.54. The second-order valence-corrected chi connectivity index (χ2v) is 9.10. The van der Waals surface area contributed by atoms with Crippen molar-refractivity contribution in [2.75, 3.05) is 0 Å². The van der Waals surface area contributed by atoms with E-state index in [0.29, 0.717) is 10.8 Å². The molecule has 0 aliphatic carbocycles. The highest BCUT2D eigenvalue weighted by Gasteiger charge is 2.18. The standard InChI is InChI=1S/C22H21ClN4OS2/c1-14-7-6-8-17(11-14)28-15(2)20-25-26-22(27(20)3)30-13-16-12-29-21(24-16)18-9-4-5-10-19(18)23/h4-12,15H,13H2,1-3H3. The molecule has 0 radical (unpaired) electrons. The summed E-state index contributed by atoms with van der Waals surface area (Å²) in [6, 6.07) is 15.8. The van der Waals surface area contributed by atoms with Crippen molar-refractivity contribution in [3.8, 4) is 16.3 Å². The van der Waals surface area contributed by atoms with Crippen molar-refractivity contribution < 1.29 is 4.74 Å². The highest BCUT2D eigenvalue weighted by Crippen LogP contribution is 2.32. The maximum atomic E-state index is 6.29. The van der Waals surface area contributed by atoms with E-state index < -0.39 is 0 Å². The van der Waals surface area contributed by atoms with Crippen LogP contribution >= 0.6 is 34.7 Å². The number of aromatic nitrogens is 4. The zero-order valence-electron chi connectivity index (χ0n) is 16.9. The number of nitrogens with zero attached hydrogens (tertiary/aromatic N) is 4. The highest BCUT2D eigenvalue weighted by atomic mass is 35.5. The van der Waals surface area contributed by atoms with E-state index in [1.807, 2.05) is 74.0 Å². The Balaban J connectivity index is 1.42. The number of thioether (sulfide) groups is 1. The lowest BCUT2D eigenvalue weighted by atomic mass is 10.2. The minimum atomic E-state index is -0.204. The number of hydrogen-bond acceptors (Lipinski definition) is 6. The first kappa shape index (κ1) is 20.9. The van der Waals surface area contributed by atoms with Gasteiger partial charge >= 0.3 is 0 Å². The molecule has 0 aliphatic heterocycles. The highest BCUT2D eigenvalue weighted by molar-refractivity contribution is 7.98. The van der Waals surface area contributed by atoms with Crippen molar-refractivity contribution in [1.29, 1.82) is 0 Å². The summed E-state index contributed by atoms with van der Waals surface area (Å²) >= 11 is 9.49. The van der Waals surface area contributed by atoms with Crippen molar-refractivity contribution in [1.82, 2.24) is 19.7 Å². The summed E-state index contributed by atoms with van der Waals surface area (Å²) in [4.78, 5) is 4.72. The van der Waals surface area contributed by atoms with Crippen LogP contribution < -0.4 is 4.74 Å². The van der Waals surface area contributed by atoms with Crippen LogP contribution in [0.1, 0.15) is 30.1 Å². The molecule has 2 heterocycles. The lowest BCUT2D eigenvalue weighted by molar-refractivity contribution is 0.211. The van der Waals surface area contributed by atoms with E-state index in [9.17, 15) is 0 Å². The molecule has 1 atom stereocenters. The second kappa shape index (κ2) is 9.20. The molecule has 2 aromatic carbocycles. The Bertz CT molecular complexity index is 1160.